The van der Waals surface area contributed by atoms with Crippen LogP contribution in [0.25, 0.3) is 0 Å². The molecule has 1 atom stereocenters. The molecular weight excluding hydrogens is 268 g/mol. The van der Waals surface area contributed by atoms with Crippen molar-refractivity contribution in [2.45, 2.75) is 52.2 Å². The summed E-state index contributed by atoms with van der Waals surface area (Å²) in [5.41, 5.74) is 5.75. The molecule has 0 saturated carbocycles. The van der Waals surface area contributed by atoms with Gasteiger partial charge < -0.3 is 15.7 Å². The van der Waals surface area contributed by atoms with E-state index in [2.05, 4.69) is 42.7 Å². The van der Waals surface area contributed by atoms with Gasteiger partial charge in [-0.05, 0) is 27.2 Å². The maximum atomic E-state index is 8.92. The van der Waals surface area contributed by atoms with Gasteiger partial charge in [0, 0.05) is 32.7 Å². The van der Waals surface area contributed by atoms with Crippen molar-refractivity contribution in [3.05, 3.63) is 0 Å². The van der Waals surface area contributed by atoms with Gasteiger partial charge in [0.2, 0.25) is 0 Å². The third-order valence-electron chi connectivity index (χ3n) is 3.81. The zero-order valence-corrected chi connectivity index (χ0v) is 14.0. The van der Waals surface area contributed by atoms with Gasteiger partial charge in [0.05, 0.1) is 18.2 Å². The van der Waals surface area contributed by atoms with Gasteiger partial charge in [-0.1, -0.05) is 18.5 Å². The first-order valence-corrected chi connectivity index (χ1v) is 7.95. The molecule has 6 heteroatoms. The zero-order chi connectivity index (χ0) is 15.9. The second-order valence-electron chi connectivity index (χ2n) is 6.67. The van der Waals surface area contributed by atoms with Gasteiger partial charge in [0.25, 0.3) is 0 Å². The highest BCUT2D eigenvalue weighted by Crippen LogP contribution is 2.12. The summed E-state index contributed by atoms with van der Waals surface area (Å²) >= 11 is 0. The lowest BCUT2D eigenvalue weighted by molar-refractivity contribution is -0.0186. The normalized spacial score (nSPS) is 20.7. The molecule has 1 aliphatic heterocycles. The molecule has 3 N–H and O–H groups in total. The fraction of sp³-hybridized carbons (Fsp3) is 0.933. The first-order valence-electron chi connectivity index (χ1n) is 7.95. The Morgan fingerprint density at radius 3 is 2.38 bits per heavy atom. The van der Waals surface area contributed by atoms with Crippen LogP contribution in [0.4, 0.5) is 0 Å². The smallest absolute Gasteiger partial charge is 0.156 e. The Morgan fingerprint density at radius 2 is 1.90 bits per heavy atom. The zero-order valence-electron chi connectivity index (χ0n) is 14.0. The standard InChI is InChI=1S/C15H32N4O2/c1-5-6-13(14(16)17-20)19-9-7-18(8-10-19)11-12-21-15(2,3)4/h13,20H,5-12H2,1-4H3,(H2,16,17). The molecule has 0 aromatic rings. The Kier molecular flexibility index (Phi) is 7.42. The van der Waals surface area contributed by atoms with Crippen molar-refractivity contribution in [1.29, 1.82) is 0 Å². The van der Waals surface area contributed by atoms with Crippen molar-refractivity contribution in [2.24, 2.45) is 10.9 Å². The van der Waals surface area contributed by atoms with E-state index in [1.165, 1.54) is 0 Å². The fourth-order valence-electron chi connectivity index (χ4n) is 2.64. The molecule has 6 nitrogen and oxygen atoms in total. The van der Waals surface area contributed by atoms with Gasteiger partial charge in [0.15, 0.2) is 5.84 Å². The quantitative estimate of drug-likeness (QED) is 0.321. The van der Waals surface area contributed by atoms with Crippen LogP contribution in [0.15, 0.2) is 5.16 Å². The summed E-state index contributed by atoms with van der Waals surface area (Å²) in [5.74, 6) is 0.335. The van der Waals surface area contributed by atoms with E-state index in [4.69, 9.17) is 15.7 Å². The van der Waals surface area contributed by atoms with Crippen LogP contribution >= 0.6 is 0 Å². The van der Waals surface area contributed by atoms with Crippen molar-refractivity contribution >= 4 is 5.84 Å². The van der Waals surface area contributed by atoms with Crippen LogP contribution in [0.2, 0.25) is 0 Å². The number of rotatable bonds is 7. The Hall–Kier alpha value is -0.850. The molecule has 0 bridgehead atoms. The van der Waals surface area contributed by atoms with Crippen LogP contribution in [0.5, 0.6) is 0 Å². The Bertz CT molecular complexity index is 320. The molecular formula is C15H32N4O2. The molecule has 1 rings (SSSR count). The molecule has 21 heavy (non-hydrogen) atoms. The topological polar surface area (TPSA) is 74.3 Å². The Balaban J connectivity index is 2.36. The molecule has 0 radical (unpaired) electrons. The maximum Gasteiger partial charge on any atom is 0.156 e. The first-order chi connectivity index (χ1) is 9.87. The second-order valence-corrected chi connectivity index (χ2v) is 6.67. The minimum absolute atomic E-state index is 0.0629. The van der Waals surface area contributed by atoms with Crippen molar-refractivity contribution in [2.75, 3.05) is 39.3 Å². The highest BCUT2D eigenvalue weighted by molar-refractivity contribution is 5.85. The first kappa shape index (κ1) is 18.2. The van der Waals surface area contributed by atoms with Crippen molar-refractivity contribution in [1.82, 2.24) is 9.80 Å². The average molecular weight is 300 g/mol. The Labute approximate surface area is 128 Å². The van der Waals surface area contributed by atoms with E-state index in [-0.39, 0.29) is 11.6 Å². The summed E-state index contributed by atoms with van der Waals surface area (Å²) in [6.45, 7) is 14.0. The lowest BCUT2D eigenvalue weighted by Gasteiger charge is -2.39. The van der Waals surface area contributed by atoms with E-state index >= 15 is 0 Å². The van der Waals surface area contributed by atoms with E-state index in [9.17, 15) is 0 Å². The molecule has 1 fully saturated rings. The van der Waals surface area contributed by atoms with E-state index in [1.54, 1.807) is 0 Å². The molecule has 0 spiro atoms. The summed E-state index contributed by atoms with van der Waals surface area (Å²) < 4.78 is 5.77. The number of hydrogen-bond acceptors (Lipinski definition) is 5. The van der Waals surface area contributed by atoms with Crippen LogP contribution in [0.3, 0.4) is 0 Å². The van der Waals surface area contributed by atoms with Crippen molar-refractivity contribution in [3.8, 4) is 0 Å². The molecule has 1 heterocycles. The lowest BCUT2D eigenvalue weighted by atomic mass is 10.1. The number of nitrogens with zero attached hydrogens (tertiary/aromatic N) is 3. The van der Waals surface area contributed by atoms with Gasteiger partial charge in [-0.2, -0.15) is 0 Å². The summed E-state index contributed by atoms with van der Waals surface area (Å²) in [6, 6.07) is 0.0629. The summed E-state index contributed by atoms with van der Waals surface area (Å²) in [4.78, 5) is 4.73. The van der Waals surface area contributed by atoms with Gasteiger partial charge in [-0.3, -0.25) is 9.80 Å². The van der Waals surface area contributed by atoms with Crippen molar-refractivity contribution < 1.29 is 9.94 Å². The SMILES string of the molecule is CCCC(C(N)=NO)N1CCN(CCOC(C)(C)C)CC1. The Morgan fingerprint density at radius 1 is 1.29 bits per heavy atom. The van der Waals surface area contributed by atoms with Crippen LogP contribution in [-0.4, -0.2) is 71.8 Å². The molecule has 0 aromatic heterocycles. The monoisotopic (exact) mass is 300 g/mol. The van der Waals surface area contributed by atoms with Gasteiger partial charge in [-0.25, -0.2) is 0 Å². The van der Waals surface area contributed by atoms with Gasteiger partial charge in [-0.15, -0.1) is 0 Å². The predicted octanol–water partition coefficient (Wildman–Crippen LogP) is 1.33. The molecule has 1 aliphatic rings. The van der Waals surface area contributed by atoms with Gasteiger partial charge in [0.1, 0.15) is 0 Å². The van der Waals surface area contributed by atoms with Crippen LogP contribution in [0, 0.1) is 0 Å². The minimum Gasteiger partial charge on any atom is -0.409 e. The fourth-order valence-corrected chi connectivity index (χ4v) is 2.64. The molecule has 0 aromatic carbocycles. The summed E-state index contributed by atoms with van der Waals surface area (Å²) in [5, 5.41) is 12.1. The van der Waals surface area contributed by atoms with E-state index < -0.39 is 0 Å². The number of amidine groups is 1. The number of nitrogens with two attached hydrogens (primary N) is 1. The highest BCUT2D eigenvalue weighted by Gasteiger charge is 2.26. The number of ether oxygens (including phenoxy) is 1. The third kappa shape index (κ3) is 6.63. The van der Waals surface area contributed by atoms with Crippen molar-refractivity contribution in [3.63, 3.8) is 0 Å². The van der Waals surface area contributed by atoms with Crippen LogP contribution in [0.1, 0.15) is 40.5 Å². The number of piperazine rings is 1. The average Bonchev–Trinajstić information content (AvgIpc) is 2.43. The molecule has 0 aliphatic carbocycles. The van der Waals surface area contributed by atoms with E-state index in [0.717, 1.165) is 52.2 Å². The predicted molar refractivity (Wildman–Crippen MR) is 85.8 cm³/mol. The van der Waals surface area contributed by atoms with Crippen LogP contribution < -0.4 is 5.73 Å². The van der Waals surface area contributed by atoms with Crippen LogP contribution in [-0.2, 0) is 4.74 Å². The lowest BCUT2D eigenvalue weighted by Crippen LogP contribution is -2.54. The largest absolute Gasteiger partial charge is 0.409 e. The van der Waals surface area contributed by atoms with E-state index in [1.807, 2.05) is 0 Å². The number of hydrogen-bond donors (Lipinski definition) is 2. The molecule has 124 valence electrons. The summed E-state index contributed by atoms with van der Waals surface area (Å²) in [6.07, 6.45) is 1.96. The second kappa shape index (κ2) is 8.56. The maximum absolute atomic E-state index is 8.92. The highest BCUT2D eigenvalue weighted by atomic mass is 16.5. The minimum atomic E-state index is -0.0694. The van der Waals surface area contributed by atoms with Gasteiger partial charge >= 0.3 is 0 Å². The molecule has 1 saturated heterocycles. The third-order valence-corrected chi connectivity index (χ3v) is 3.81. The number of oxime groups is 1. The molecule has 0 amide bonds. The van der Waals surface area contributed by atoms with E-state index in [0.29, 0.717) is 5.84 Å². The summed E-state index contributed by atoms with van der Waals surface area (Å²) in [7, 11) is 0. The molecule has 1 unspecified atom stereocenters.